The predicted molar refractivity (Wildman–Crippen MR) is 81.5 cm³/mol. The third-order valence-electron chi connectivity index (χ3n) is 3.12. The minimum Gasteiger partial charge on any atom is -0.319 e. The average Bonchev–Trinajstić information content (AvgIpc) is 2.48. The number of pyridine rings is 2. The normalized spacial score (nSPS) is 10.5. The van der Waals surface area contributed by atoms with Crippen LogP contribution in [0.4, 0.5) is 5.69 Å². The minimum atomic E-state index is -0.372. The Hall–Kier alpha value is -2.95. The number of anilines is 1. The molecule has 0 aliphatic heterocycles. The fraction of sp³-hybridized carbons (Fsp3) is 0.0625. The molecule has 2 heterocycles. The highest BCUT2D eigenvalue weighted by Crippen LogP contribution is 2.22. The number of aryl methyl sites for hydroxylation is 1. The van der Waals surface area contributed by atoms with Crippen molar-refractivity contribution in [2.45, 2.75) is 6.92 Å². The van der Waals surface area contributed by atoms with E-state index < -0.39 is 0 Å². The number of rotatable bonds is 2. The molecule has 104 valence electrons. The zero-order valence-corrected chi connectivity index (χ0v) is 11.4. The molecule has 5 heteroatoms. The highest BCUT2D eigenvalue weighted by molar-refractivity contribution is 6.07. The number of carbonyl (C=O) groups is 1. The number of amides is 1. The van der Waals surface area contributed by atoms with Crippen LogP contribution in [0.25, 0.3) is 10.9 Å². The summed E-state index contributed by atoms with van der Waals surface area (Å²) in [6.45, 7) is 1.90. The van der Waals surface area contributed by atoms with Crippen LogP contribution in [0, 0.1) is 6.92 Å². The highest BCUT2D eigenvalue weighted by atomic mass is 16.2. The minimum absolute atomic E-state index is 0.215. The molecule has 0 radical (unpaired) electrons. The number of benzene rings is 1. The third kappa shape index (κ3) is 2.67. The number of carbonyl (C=O) groups excluding carboxylic acids is 1. The fourth-order valence-corrected chi connectivity index (χ4v) is 2.12. The van der Waals surface area contributed by atoms with Gasteiger partial charge in [-0.2, -0.15) is 0 Å². The number of aromatic nitrogens is 2. The maximum Gasteiger partial charge on any atom is 0.272 e. The second kappa shape index (κ2) is 5.20. The number of hydrogen-bond donors (Lipinski definition) is 2. The van der Waals surface area contributed by atoms with Crippen LogP contribution in [0.5, 0.6) is 0 Å². The second-order valence-electron chi connectivity index (χ2n) is 4.71. The molecule has 1 amide bonds. The first-order valence-corrected chi connectivity index (χ1v) is 6.50. The van der Waals surface area contributed by atoms with Gasteiger partial charge in [0.05, 0.1) is 11.2 Å². The molecule has 0 saturated carbocycles. The van der Waals surface area contributed by atoms with Crippen molar-refractivity contribution in [3.8, 4) is 0 Å². The van der Waals surface area contributed by atoms with Crippen molar-refractivity contribution >= 4 is 22.5 Å². The van der Waals surface area contributed by atoms with Crippen molar-refractivity contribution in [1.29, 1.82) is 0 Å². The van der Waals surface area contributed by atoms with E-state index in [0.717, 1.165) is 16.6 Å². The van der Waals surface area contributed by atoms with Gasteiger partial charge in [-0.25, -0.2) is 0 Å². The number of H-pyrrole nitrogens is 1. The van der Waals surface area contributed by atoms with Crippen LogP contribution in [-0.4, -0.2) is 15.9 Å². The molecule has 3 rings (SSSR count). The van der Waals surface area contributed by atoms with Gasteiger partial charge in [0.25, 0.3) is 5.91 Å². The molecular weight excluding hydrogens is 266 g/mol. The summed E-state index contributed by atoms with van der Waals surface area (Å²) in [6.07, 6.45) is 0. The topological polar surface area (TPSA) is 74.8 Å². The van der Waals surface area contributed by atoms with Crippen LogP contribution in [0.2, 0.25) is 0 Å². The van der Waals surface area contributed by atoms with Crippen LogP contribution >= 0.6 is 0 Å². The molecule has 0 bridgehead atoms. The van der Waals surface area contributed by atoms with E-state index in [0.29, 0.717) is 5.69 Å². The summed E-state index contributed by atoms with van der Waals surface area (Å²) >= 11 is 0. The maximum atomic E-state index is 12.2. The molecule has 0 aliphatic carbocycles. The van der Waals surface area contributed by atoms with E-state index in [1.165, 1.54) is 6.07 Å². The number of para-hydroxylation sites is 1. The van der Waals surface area contributed by atoms with Gasteiger partial charge in [0.2, 0.25) is 5.56 Å². The lowest BCUT2D eigenvalue weighted by atomic mass is 10.1. The Bertz CT molecular complexity index is 884. The average molecular weight is 279 g/mol. The monoisotopic (exact) mass is 279 g/mol. The van der Waals surface area contributed by atoms with Crippen molar-refractivity contribution in [3.63, 3.8) is 0 Å². The van der Waals surface area contributed by atoms with Crippen LogP contribution < -0.4 is 10.9 Å². The second-order valence-corrected chi connectivity index (χ2v) is 4.71. The van der Waals surface area contributed by atoms with E-state index in [1.807, 2.05) is 31.2 Å². The van der Waals surface area contributed by atoms with Crippen molar-refractivity contribution in [2.75, 3.05) is 5.32 Å². The molecule has 2 N–H and O–H groups in total. The Kier molecular flexibility index (Phi) is 3.23. The summed E-state index contributed by atoms with van der Waals surface area (Å²) in [7, 11) is 0. The Morgan fingerprint density at radius 1 is 1.10 bits per heavy atom. The lowest BCUT2D eigenvalue weighted by Gasteiger charge is -2.08. The van der Waals surface area contributed by atoms with Gasteiger partial charge in [-0.15, -0.1) is 0 Å². The molecule has 1 aromatic carbocycles. The van der Waals surface area contributed by atoms with E-state index >= 15 is 0 Å². The fourth-order valence-electron chi connectivity index (χ4n) is 2.12. The quantitative estimate of drug-likeness (QED) is 0.756. The standard InChI is InChI=1S/C16H13N3O2/c1-10-8-9-11-4-2-5-12(15(11)17-10)19-16(21)13-6-3-7-14(20)18-13/h2-9H,1H3,(H,18,20)(H,19,21). The predicted octanol–water partition coefficient (Wildman–Crippen LogP) is 2.48. The maximum absolute atomic E-state index is 12.2. The molecular formula is C16H13N3O2. The molecule has 0 fully saturated rings. The van der Waals surface area contributed by atoms with Gasteiger partial charge in [0.1, 0.15) is 5.69 Å². The van der Waals surface area contributed by atoms with Crippen LogP contribution in [0.1, 0.15) is 16.2 Å². The molecule has 0 spiro atoms. The Labute approximate surface area is 120 Å². The third-order valence-corrected chi connectivity index (χ3v) is 3.12. The SMILES string of the molecule is Cc1ccc2cccc(NC(=O)c3cccc(=O)[nH]3)c2n1. The van der Waals surface area contributed by atoms with Crippen LogP contribution in [0.3, 0.4) is 0 Å². The number of nitrogens with zero attached hydrogens (tertiary/aromatic N) is 1. The Morgan fingerprint density at radius 3 is 2.71 bits per heavy atom. The first-order chi connectivity index (χ1) is 10.1. The van der Waals surface area contributed by atoms with Gasteiger partial charge in [0.15, 0.2) is 0 Å². The van der Waals surface area contributed by atoms with Gasteiger partial charge in [-0.1, -0.05) is 24.3 Å². The smallest absolute Gasteiger partial charge is 0.272 e. The molecule has 2 aromatic heterocycles. The van der Waals surface area contributed by atoms with Gasteiger partial charge in [-0.3, -0.25) is 14.6 Å². The van der Waals surface area contributed by atoms with Crippen LogP contribution in [0.15, 0.2) is 53.3 Å². The van der Waals surface area contributed by atoms with Crippen molar-refractivity contribution in [1.82, 2.24) is 9.97 Å². The summed E-state index contributed by atoms with van der Waals surface area (Å²) in [5, 5.41) is 3.73. The zero-order chi connectivity index (χ0) is 14.8. The number of hydrogen-bond acceptors (Lipinski definition) is 3. The number of aromatic amines is 1. The van der Waals surface area contributed by atoms with Gasteiger partial charge >= 0.3 is 0 Å². The van der Waals surface area contributed by atoms with Gasteiger partial charge < -0.3 is 10.3 Å². The Morgan fingerprint density at radius 2 is 1.90 bits per heavy atom. The lowest BCUT2D eigenvalue weighted by Crippen LogP contribution is -2.18. The van der Waals surface area contributed by atoms with Crippen molar-refractivity contribution < 1.29 is 4.79 Å². The highest BCUT2D eigenvalue weighted by Gasteiger charge is 2.09. The first-order valence-electron chi connectivity index (χ1n) is 6.50. The summed E-state index contributed by atoms with van der Waals surface area (Å²) in [5.74, 6) is -0.372. The summed E-state index contributed by atoms with van der Waals surface area (Å²) in [6, 6.07) is 13.9. The number of fused-ring (bicyclic) bond motifs is 1. The molecule has 0 atom stereocenters. The summed E-state index contributed by atoms with van der Waals surface area (Å²) in [4.78, 5) is 30.4. The summed E-state index contributed by atoms with van der Waals surface area (Å²) in [5.41, 5.74) is 2.12. The molecule has 0 aliphatic rings. The number of nitrogens with one attached hydrogen (secondary N) is 2. The van der Waals surface area contributed by atoms with E-state index in [4.69, 9.17) is 0 Å². The molecule has 0 saturated heterocycles. The van der Waals surface area contributed by atoms with E-state index in [-0.39, 0.29) is 17.2 Å². The summed E-state index contributed by atoms with van der Waals surface area (Å²) < 4.78 is 0. The lowest BCUT2D eigenvalue weighted by molar-refractivity contribution is 0.102. The van der Waals surface area contributed by atoms with Gasteiger partial charge in [0, 0.05) is 17.1 Å². The first kappa shape index (κ1) is 13.1. The van der Waals surface area contributed by atoms with Crippen molar-refractivity contribution in [3.05, 3.63) is 70.3 Å². The molecule has 21 heavy (non-hydrogen) atoms. The van der Waals surface area contributed by atoms with Gasteiger partial charge in [-0.05, 0) is 25.1 Å². The van der Waals surface area contributed by atoms with E-state index in [2.05, 4.69) is 15.3 Å². The van der Waals surface area contributed by atoms with Crippen molar-refractivity contribution in [2.24, 2.45) is 0 Å². The Balaban J connectivity index is 2.00. The zero-order valence-electron chi connectivity index (χ0n) is 11.4. The van der Waals surface area contributed by atoms with E-state index in [1.54, 1.807) is 18.2 Å². The molecule has 5 nitrogen and oxygen atoms in total. The molecule has 0 unspecified atom stereocenters. The van der Waals surface area contributed by atoms with E-state index in [9.17, 15) is 9.59 Å². The molecule has 3 aromatic rings. The van der Waals surface area contributed by atoms with Crippen LogP contribution in [-0.2, 0) is 0 Å². The largest absolute Gasteiger partial charge is 0.319 e.